The fourth-order valence-electron chi connectivity index (χ4n) is 3.55. The second-order valence-electron chi connectivity index (χ2n) is 5.58. The smallest absolute Gasteiger partial charge is 0.320 e. The largest absolute Gasteiger partial charge is 0.465 e. The van der Waals surface area contributed by atoms with Gasteiger partial charge in [0.2, 0.25) is 0 Å². The van der Waals surface area contributed by atoms with Gasteiger partial charge in [0.05, 0.1) is 6.61 Å². The van der Waals surface area contributed by atoms with E-state index in [0.717, 1.165) is 6.42 Å². The molecule has 3 rings (SSSR count). The molecular weight excluding hydrogens is 252 g/mol. The van der Waals surface area contributed by atoms with Crippen LogP contribution in [0.15, 0.2) is 42.5 Å². The molecule has 2 aliphatic rings. The van der Waals surface area contributed by atoms with Crippen molar-refractivity contribution >= 4 is 11.8 Å². The maximum Gasteiger partial charge on any atom is 0.320 e. The second-order valence-corrected chi connectivity index (χ2v) is 5.58. The molecule has 0 N–H and O–H groups in total. The van der Waals surface area contributed by atoms with Gasteiger partial charge in [-0.2, -0.15) is 0 Å². The molecule has 0 radical (unpaired) electrons. The molecule has 1 saturated carbocycles. The fourth-order valence-corrected chi connectivity index (χ4v) is 3.55. The Morgan fingerprint density at radius 1 is 1.25 bits per heavy atom. The third-order valence-corrected chi connectivity index (χ3v) is 4.47. The number of ketones is 1. The van der Waals surface area contributed by atoms with E-state index in [9.17, 15) is 9.59 Å². The lowest BCUT2D eigenvalue weighted by molar-refractivity contribution is -0.153. The van der Waals surface area contributed by atoms with E-state index < -0.39 is 5.41 Å². The minimum Gasteiger partial charge on any atom is -0.465 e. The molecule has 2 bridgehead atoms. The van der Waals surface area contributed by atoms with Crippen molar-refractivity contribution in [3.05, 3.63) is 48.0 Å². The van der Waals surface area contributed by atoms with Crippen LogP contribution in [0.5, 0.6) is 0 Å². The van der Waals surface area contributed by atoms with Gasteiger partial charge in [0.1, 0.15) is 5.41 Å². The Balaban J connectivity index is 2.01. The van der Waals surface area contributed by atoms with Gasteiger partial charge in [-0.3, -0.25) is 9.59 Å². The summed E-state index contributed by atoms with van der Waals surface area (Å²) in [5.74, 6) is -0.129. The number of rotatable bonds is 4. The Kier molecular flexibility index (Phi) is 3.20. The molecule has 1 fully saturated rings. The predicted molar refractivity (Wildman–Crippen MR) is 75.2 cm³/mol. The zero-order valence-electron chi connectivity index (χ0n) is 11.5. The predicted octanol–water partition coefficient (Wildman–Crippen LogP) is 3.01. The number of allylic oxidation sites excluding steroid dienone is 2. The molecule has 0 aliphatic heterocycles. The summed E-state index contributed by atoms with van der Waals surface area (Å²) < 4.78 is 5.23. The van der Waals surface area contributed by atoms with Gasteiger partial charge in [0.15, 0.2) is 5.78 Å². The van der Waals surface area contributed by atoms with Crippen molar-refractivity contribution in [1.82, 2.24) is 0 Å². The highest BCUT2D eigenvalue weighted by atomic mass is 16.5. The van der Waals surface area contributed by atoms with Crippen molar-refractivity contribution in [1.29, 1.82) is 0 Å². The van der Waals surface area contributed by atoms with E-state index in [1.54, 1.807) is 19.1 Å². The number of ether oxygens (including phenoxy) is 1. The molecule has 0 spiro atoms. The summed E-state index contributed by atoms with van der Waals surface area (Å²) in [5.41, 5.74) is -0.405. The normalized spacial score (nSPS) is 30.4. The number of Topliss-reactive ketones (excluding diaryl/α,β-unsaturated/α-hetero) is 1. The van der Waals surface area contributed by atoms with Crippen LogP contribution in [-0.2, 0) is 9.53 Å². The minimum atomic E-state index is -1.00. The van der Waals surface area contributed by atoms with Crippen LogP contribution in [0.4, 0.5) is 0 Å². The van der Waals surface area contributed by atoms with Crippen LogP contribution in [-0.4, -0.2) is 18.4 Å². The van der Waals surface area contributed by atoms with Crippen molar-refractivity contribution in [2.45, 2.75) is 19.8 Å². The molecule has 0 heterocycles. The van der Waals surface area contributed by atoms with Gasteiger partial charge in [-0.05, 0) is 25.7 Å². The average molecular weight is 270 g/mol. The molecule has 3 nitrogen and oxygen atoms in total. The maximum atomic E-state index is 12.9. The first-order valence-electron chi connectivity index (χ1n) is 7.14. The zero-order valence-corrected chi connectivity index (χ0v) is 11.5. The first-order chi connectivity index (χ1) is 9.68. The molecule has 0 unspecified atom stereocenters. The third-order valence-electron chi connectivity index (χ3n) is 4.47. The molecule has 0 saturated heterocycles. The van der Waals surface area contributed by atoms with Crippen molar-refractivity contribution in [3.8, 4) is 0 Å². The van der Waals surface area contributed by atoms with Gasteiger partial charge >= 0.3 is 5.97 Å². The number of benzene rings is 1. The Morgan fingerprint density at radius 3 is 2.55 bits per heavy atom. The molecule has 2 aliphatic carbocycles. The molecule has 1 aromatic carbocycles. The van der Waals surface area contributed by atoms with Crippen LogP contribution in [0.1, 0.15) is 30.1 Å². The summed E-state index contributed by atoms with van der Waals surface area (Å²) in [7, 11) is 0. The molecule has 3 atom stereocenters. The molecular formula is C17H18O3. The SMILES string of the molecule is CCOC(=O)[C@]1(C(=O)c2ccccc2)C[C@@H]2C=C[C@H]1C2. The lowest BCUT2D eigenvalue weighted by atomic mass is 9.70. The number of carbonyl (C=O) groups excluding carboxylic acids is 2. The summed E-state index contributed by atoms with van der Waals surface area (Å²) >= 11 is 0. The fraction of sp³-hybridized carbons (Fsp3) is 0.412. The zero-order chi connectivity index (χ0) is 14.2. The molecule has 0 amide bonds. The van der Waals surface area contributed by atoms with Crippen LogP contribution < -0.4 is 0 Å². The molecule has 1 aromatic rings. The Bertz CT molecular complexity index is 561. The number of hydrogen-bond acceptors (Lipinski definition) is 3. The highest BCUT2D eigenvalue weighted by molar-refractivity contribution is 6.13. The molecule has 104 valence electrons. The summed E-state index contributed by atoms with van der Waals surface area (Å²) in [6.07, 6.45) is 5.62. The summed E-state index contributed by atoms with van der Waals surface area (Å²) in [4.78, 5) is 25.4. The van der Waals surface area contributed by atoms with E-state index in [1.807, 2.05) is 24.3 Å². The van der Waals surface area contributed by atoms with Crippen LogP contribution in [0.3, 0.4) is 0 Å². The van der Waals surface area contributed by atoms with E-state index in [1.165, 1.54) is 0 Å². The Hall–Kier alpha value is -1.90. The Labute approximate surface area is 118 Å². The number of fused-ring (bicyclic) bond motifs is 2. The van der Waals surface area contributed by atoms with E-state index >= 15 is 0 Å². The lowest BCUT2D eigenvalue weighted by Crippen LogP contribution is -2.44. The van der Waals surface area contributed by atoms with Crippen molar-refractivity contribution < 1.29 is 14.3 Å². The molecule has 0 aromatic heterocycles. The van der Waals surface area contributed by atoms with Crippen molar-refractivity contribution in [2.24, 2.45) is 17.3 Å². The van der Waals surface area contributed by atoms with Gasteiger partial charge in [-0.15, -0.1) is 0 Å². The summed E-state index contributed by atoms with van der Waals surface area (Å²) in [6, 6.07) is 9.08. The van der Waals surface area contributed by atoms with E-state index in [4.69, 9.17) is 4.74 Å². The van der Waals surface area contributed by atoms with Crippen LogP contribution in [0, 0.1) is 17.3 Å². The first-order valence-corrected chi connectivity index (χ1v) is 7.14. The van der Waals surface area contributed by atoms with Gasteiger partial charge in [-0.25, -0.2) is 0 Å². The van der Waals surface area contributed by atoms with E-state index in [2.05, 4.69) is 6.08 Å². The van der Waals surface area contributed by atoms with E-state index in [0.29, 0.717) is 24.5 Å². The first kappa shape index (κ1) is 13.1. The lowest BCUT2D eigenvalue weighted by Gasteiger charge is -2.31. The second kappa shape index (κ2) is 4.89. The number of esters is 1. The highest BCUT2D eigenvalue weighted by Gasteiger charge is 2.59. The number of carbonyl (C=O) groups is 2. The molecule has 3 heteroatoms. The van der Waals surface area contributed by atoms with Crippen LogP contribution in [0.25, 0.3) is 0 Å². The van der Waals surface area contributed by atoms with Gasteiger partial charge in [0.25, 0.3) is 0 Å². The van der Waals surface area contributed by atoms with Gasteiger partial charge in [-0.1, -0.05) is 42.5 Å². The quantitative estimate of drug-likeness (QED) is 0.365. The summed E-state index contributed by atoms with van der Waals surface area (Å²) in [6.45, 7) is 2.09. The van der Waals surface area contributed by atoms with Gasteiger partial charge in [0, 0.05) is 11.5 Å². The standard InChI is InChI=1S/C17H18O3/c1-2-20-16(19)17(11-12-8-9-14(17)10-12)15(18)13-6-4-3-5-7-13/h3-9,12,14H,2,10-11H2,1H3/t12-,14+,17-/m1/s1. The average Bonchev–Trinajstić information content (AvgIpc) is 3.09. The van der Waals surface area contributed by atoms with Crippen molar-refractivity contribution in [2.75, 3.05) is 6.61 Å². The third kappa shape index (κ3) is 1.80. The minimum absolute atomic E-state index is 0.0146. The van der Waals surface area contributed by atoms with Crippen LogP contribution in [0.2, 0.25) is 0 Å². The maximum absolute atomic E-state index is 12.9. The van der Waals surface area contributed by atoms with Crippen LogP contribution >= 0.6 is 0 Å². The van der Waals surface area contributed by atoms with Crippen molar-refractivity contribution in [3.63, 3.8) is 0 Å². The Morgan fingerprint density at radius 2 is 2.00 bits per heavy atom. The highest BCUT2D eigenvalue weighted by Crippen LogP contribution is 2.54. The monoisotopic (exact) mass is 270 g/mol. The topological polar surface area (TPSA) is 43.4 Å². The summed E-state index contributed by atoms with van der Waals surface area (Å²) in [5, 5.41) is 0. The van der Waals surface area contributed by atoms with Gasteiger partial charge < -0.3 is 4.74 Å². The van der Waals surface area contributed by atoms with E-state index in [-0.39, 0.29) is 17.7 Å². The molecule has 20 heavy (non-hydrogen) atoms. The number of hydrogen-bond donors (Lipinski definition) is 0.